The minimum absolute atomic E-state index is 0.585. The van der Waals surface area contributed by atoms with Crippen LogP contribution in [0.4, 0.5) is 0 Å². The van der Waals surface area contributed by atoms with Crippen LogP contribution < -0.4 is 0 Å². The molecule has 0 amide bonds. The average molecular weight is 183 g/mol. The van der Waals surface area contributed by atoms with Gasteiger partial charge in [0, 0.05) is 17.5 Å². The highest BCUT2D eigenvalue weighted by Crippen LogP contribution is 2.25. The van der Waals surface area contributed by atoms with Crippen molar-refractivity contribution in [1.29, 1.82) is 0 Å². The maximum absolute atomic E-state index is 5.79. The van der Waals surface area contributed by atoms with E-state index in [1.165, 1.54) is 5.56 Å². The topological polar surface area (TPSA) is 9.23 Å². The minimum Gasteiger partial charge on any atom is -0.381 e. The molecule has 1 heterocycles. The highest BCUT2D eigenvalue weighted by molar-refractivity contribution is 6.30. The van der Waals surface area contributed by atoms with Gasteiger partial charge in [0.25, 0.3) is 0 Å². The maximum atomic E-state index is 5.79. The molecule has 1 aliphatic rings. The molecule has 0 N–H and O–H groups in total. The molecule has 1 nitrogen and oxygen atoms in total. The van der Waals surface area contributed by atoms with Crippen LogP contribution in [0.1, 0.15) is 17.9 Å². The van der Waals surface area contributed by atoms with E-state index in [1.807, 2.05) is 12.1 Å². The second-order valence-electron chi connectivity index (χ2n) is 3.11. The Morgan fingerprint density at radius 2 is 2.00 bits per heavy atom. The highest BCUT2D eigenvalue weighted by atomic mass is 35.5. The van der Waals surface area contributed by atoms with Gasteiger partial charge in [-0.05, 0) is 24.1 Å². The van der Waals surface area contributed by atoms with E-state index in [4.69, 9.17) is 16.3 Å². The Bertz CT molecular complexity index is 249. The molecule has 0 bridgehead atoms. The zero-order chi connectivity index (χ0) is 8.39. The first-order valence-electron chi connectivity index (χ1n) is 4.19. The number of ether oxygens (including phenoxy) is 1. The van der Waals surface area contributed by atoms with Gasteiger partial charge in [-0.1, -0.05) is 23.7 Å². The summed E-state index contributed by atoms with van der Waals surface area (Å²) in [6.45, 7) is 1.76. The predicted octanol–water partition coefficient (Wildman–Crippen LogP) is 2.84. The molecule has 1 atom stereocenters. The normalized spacial score (nSPS) is 22.9. The third kappa shape index (κ3) is 1.62. The van der Waals surface area contributed by atoms with Gasteiger partial charge in [-0.15, -0.1) is 0 Å². The number of hydrogen-bond acceptors (Lipinski definition) is 1. The number of rotatable bonds is 1. The number of hydrogen-bond donors (Lipinski definition) is 0. The largest absolute Gasteiger partial charge is 0.381 e. The second kappa shape index (κ2) is 3.46. The fourth-order valence-corrected chi connectivity index (χ4v) is 1.66. The molecule has 0 aliphatic carbocycles. The van der Waals surface area contributed by atoms with E-state index < -0.39 is 0 Å². The van der Waals surface area contributed by atoms with E-state index in [0.29, 0.717) is 5.92 Å². The molecule has 1 aliphatic heterocycles. The summed E-state index contributed by atoms with van der Waals surface area (Å²) in [6.07, 6.45) is 1.14. The Kier molecular flexibility index (Phi) is 2.33. The van der Waals surface area contributed by atoms with Crippen molar-refractivity contribution in [2.45, 2.75) is 12.3 Å². The molecule has 0 aromatic heterocycles. The Morgan fingerprint density at radius 1 is 1.25 bits per heavy atom. The van der Waals surface area contributed by atoms with Crippen LogP contribution in [0.3, 0.4) is 0 Å². The minimum atomic E-state index is 0.585. The molecule has 2 heteroatoms. The van der Waals surface area contributed by atoms with Crippen molar-refractivity contribution in [3.8, 4) is 0 Å². The van der Waals surface area contributed by atoms with Crippen molar-refractivity contribution in [3.05, 3.63) is 34.9 Å². The standard InChI is InChI=1S/C10H11ClO/c11-10-3-1-8(2-4-10)9-5-6-12-7-9/h1-4,9H,5-7H2. The molecule has 2 rings (SSSR count). The smallest absolute Gasteiger partial charge is 0.0535 e. The average Bonchev–Trinajstić information content (AvgIpc) is 2.58. The highest BCUT2D eigenvalue weighted by Gasteiger charge is 2.16. The van der Waals surface area contributed by atoms with Crippen LogP contribution >= 0.6 is 11.6 Å². The zero-order valence-electron chi connectivity index (χ0n) is 6.79. The van der Waals surface area contributed by atoms with E-state index >= 15 is 0 Å². The van der Waals surface area contributed by atoms with Gasteiger partial charge in [-0.2, -0.15) is 0 Å². The Morgan fingerprint density at radius 3 is 2.58 bits per heavy atom. The third-order valence-electron chi connectivity index (χ3n) is 2.27. The summed E-state index contributed by atoms with van der Waals surface area (Å²) in [5.74, 6) is 0.585. The first kappa shape index (κ1) is 8.09. The Hall–Kier alpha value is -0.530. The molecular weight excluding hydrogens is 172 g/mol. The molecule has 1 saturated heterocycles. The van der Waals surface area contributed by atoms with Crippen molar-refractivity contribution in [1.82, 2.24) is 0 Å². The van der Waals surface area contributed by atoms with Crippen molar-refractivity contribution in [2.75, 3.05) is 13.2 Å². The summed E-state index contributed by atoms with van der Waals surface area (Å²) >= 11 is 5.79. The van der Waals surface area contributed by atoms with Crippen LogP contribution in [0.25, 0.3) is 0 Å². The first-order valence-corrected chi connectivity index (χ1v) is 4.57. The van der Waals surface area contributed by atoms with Crippen LogP contribution in [0.2, 0.25) is 5.02 Å². The fourth-order valence-electron chi connectivity index (χ4n) is 1.53. The van der Waals surface area contributed by atoms with E-state index in [9.17, 15) is 0 Å². The Labute approximate surface area is 77.3 Å². The lowest BCUT2D eigenvalue weighted by Gasteiger charge is -2.06. The molecule has 64 valence electrons. The molecule has 0 spiro atoms. The first-order chi connectivity index (χ1) is 5.86. The summed E-state index contributed by atoms with van der Waals surface area (Å²) in [5, 5.41) is 0.803. The predicted molar refractivity (Wildman–Crippen MR) is 49.6 cm³/mol. The molecule has 1 aromatic rings. The van der Waals surface area contributed by atoms with Crippen LogP contribution in [-0.4, -0.2) is 13.2 Å². The van der Waals surface area contributed by atoms with Gasteiger partial charge >= 0.3 is 0 Å². The lowest BCUT2D eigenvalue weighted by Crippen LogP contribution is -1.96. The van der Waals surface area contributed by atoms with Crippen LogP contribution in [-0.2, 0) is 4.74 Å². The summed E-state index contributed by atoms with van der Waals surface area (Å²) in [6, 6.07) is 8.05. The SMILES string of the molecule is Clc1ccc(C2CCOC2)cc1. The monoisotopic (exact) mass is 182 g/mol. The second-order valence-corrected chi connectivity index (χ2v) is 3.55. The number of benzene rings is 1. The van der Waals surface area contributed by atoms with Gasteiger partial charge < -0.3 is 4.74 Å². The van der Waals surface area contributed by atoms with E-state index in [1.54, 1.807) is 0 Å². The van der Waals surface area contributed by atoms with E-state index in [-0.39, 0.29) is 0 Å². The third-order valence-corrected chi connectivity index (χ3v) is 2.52. The molecule has 0 saturated carbocycles. The molecular formula is C10H11ClO. The van der Waals surface area contributed by atoms with Crippen LogP contribution in [0, 0.1) is 0 Å². The van der Waals surface area contributed by atoms with Gasteiger partial charge in [0.05, 0.1) is 6.61 Å². The lowest BCUT2D eigenvalue weighted by molar-refractivity contribution is 0.194. The molecule has 1 aromatic carbocycles. The summed E-state index contributed by atoms with van der Waals surface area (Å²) in [7, 11) is 0. The summed E-state index contributed by atoms with van der Waals surface area (Å²) in [5.41, 5.74) is 1.34. The van der Waals surface area contributed by atoms with Gasteiger partial charge in [0.15, 0.2) is 0 Å². The van der Waals surface area contributed by atoms with Crippen molar-refractivity contribution >= 4 is 11.6 Å². The number of halogens is 1. The van der Waals surface area contributed by atoms with E-state index in [2.05, 4.69) is 12.1 Å². The van der Waals surface area contributed by atoms with Gasteiger partial charge in [0.1, 0.15) is 0 Å². The van der Waals surface area contributed by atoms with Crippen molar-refractivity contribution in [3.63, 3.8) is 0 Å². The Balaban J connectivity index is 2.17. The van der Waals surface area contributed by atoms with Crippen LogP contribution in [0.15, 0.2) is 24.3 Å². The van der Waals surface area contributed by atoms with Crippen LogP contribution in [0.5, 0.6) is 0 Å². The molecule has 1 unspecified atom stereocenters. The summed E-state index contributed by atoms with van der Waals surface area (Å²) in [4.78, 5) is 0. The molecule has 0 radical (unpaired) electrons. The van der Waals surface area contributed by atoms with Gasteiger partial charge in [-0.3, -0.25) is 0 Å². The van der Waals surface area contributed by atoms with Gasteiger partial charge in [-0.25, -0.2) is 0 Å². The summed E-state index contributed by atoms with van der Waals surface area (Å²) < 4.78 is 5.31. The maximum Gasteiger partial charge on any atom is 0.0535 e. The van der Waals surface area contributed by atoms with Crippen molar-refractivity contribution in [2.24, 2.45) is 0 Å². The zero-order valence-corrected chi connectivity index (χ0v) is 7.55. The molecule has 1 fully saturated rings. The fraction of sp³-hybridized carbons (Fsp3) is 0.400. The van der Waals surface area contributed by atoms with Gasteiger partial charge in [0.2, 0.25) is 0 Å². The lowest BCUT2D eigenvalue weighted by atomic mass is 9.99. The quantitative estimate of drug-likeness (QED) is 0.649. The van der Waals surface area contributed by atoms with Crippen molar-refractivity contribution < 1.29 is 4.74 Å². The molecule has 12 heavy (non-hydrogen) atoms. The van der Waals surface area contributed by atoms with E-state index in [0.717, 1.165) is 24.7 Å².